The maximum atomic E-state index is 12.6. The van der Waals surface area contributed by atoms with Crippen molar-refractivity contribution in [2.24, 2.45) is 5.73 Å². The molecule has 10 heteroatoms. The van der Waals surface area contributed by atoms with Crippen molar-refractivity contribution < 1.29 is 28.6 Å². The van der Waals surface area contributed by atoms with Gasteiger partial charge in [0.2, 0.25) is 0 Å². The Bertz CT molecular complexity index is 1450. The van der Waals surface area contributed by atoms with Crippen LogP contribution in [0.25, 0.3) is 11.0 Å². The van der Waals surface area contributed by atoms with E-state index in [1.807, 2.05) is 18.2 Å². The summed E-state index contributed by atoms with van der Waals surface area (Å²) in [5.41, 5.74) is 8.40. The molecule has 3 aromatic carbocycles. The van der Waals surface area contributed by atoms with E-state index >= 15 is 0 Å². The molecule has 0 unspecified atom stereocenters. The lowest BCUT2D eigenvalue weighted by Crippen LogP contribution is -2.42. The average Bonchev–Trinajstić information content (AvgIpc) is 3.32. The van der Waals surface area contributed by atoms with Crippen molar-refractivity contribution >= 4 is 40.5 Å². The van der Waals surface area contributed by atoms with E-state index in [9.17, 15) is 19.5 Å². The topological polar surface area (TPSA) is 168 Å². The number of amidine groups is 1. The molecule has 1 aromatic heterocycles. The first-order chi connectivity index (χ1) is 17.8. The van der Waals surface area contributed by atoms with Gasteiger partial charge in [-0.2, -0.15) is 0 Å². The molecule has 0 fully saturated rings. The van der Waals surface area contributed by atoms with E-state index in [1.165, 1.54) is 0 Å². The van der Waals surface area contributed by atoms with Crippen LogP contribution in [0, 0.1) is 5.41 Å². The number of amides is 2. The highest BCUT2D eigenvalue weighted by Gasteiger charge is 2.21. The molecular formula is C27H24N4O6. The van der Waals surface area contributed by atoms with Gasteiger partial charge in [0, 0.05) is 23.1 Å². The van der Waals surface area contributed by atoms with Gasteiger partial charge in [-0.1, -0.05) is 42.5 Å². The van der Waals surface area contributed by atoms with Crippen molar-refractivity contribution in [2.75, 3.05) is 5.32 Å². The molecule has 188 valence electrons. The monoisotopic (exact) mass is 500 g/mol. The van der Waals surface area contributed by atoms with Gasteiger partial charge in [0.05, 0.1) is 0 Å². The molecule has 0 aliphatic rings. The number of carbonyl (C=O) groups is 3. The molecule has 37 heavy (non-hydrogen) atoms. The predicted octanol–water partition coefficient (Wildman–Crippen LogP) is 3.89. The predicted molar refractivity (Wildman–Crippen MR) is 137 cm³/mol. The summed E-state index contributed by atoms with van der Waals surface area (Å²) in [5.74, 6) is -1.67. The Balaban J connectivity index is 1.34. The van der Waals surface area contributed by atoms with Crippen LogP contribution in [-0.2, 0) is 22.6 Å². The van der Waals surface area contributed by atoms with Gasteiger partial charge in [-0.05, 0) is 47.5 Å². The van der Waals surface area contributed by atoms with Crippen LogP contribution in [0.2, 0.25) is 0 Å². The lowest BCUT2D eigenvalue weighted by molar-refractivity contribution is -0.139. The summed E-state index contributed by atoms with van der Waals surface area (Å²) < 4.78 is 10.7. The first kappa shape index (κ1) is 25.0. The molecule has 0 aliphatic heterocycles. The molecule has 4 rings (SSSR count). The van der Waals surface area contributed by atoms with Crippen molar-refractivity contribution in [2.45, 2.75) is 19.1 Å². The number of carbonyl (C=O) groups excluding carboxylic acids is 2. The molecule has 0 spiro atoms. The summed E-state index contributed by atoms with van der Waals surface area (Å²) in [6, 6.07) is 20.9. The lowest BCUT2D eigenvalue weighted by Gasteiger charge is -2.15. The summed E-state index contributed by atoms with van der Waals surface area (Å²) in [4.78, 5) is 36.4. The fraction of sp³-hybridized carbons (Fsp3) is 0.111. The van der Waals surface area contributed by atoms with E-state index in [4.69, 9.17) is 20.3 Å². The van der Waals surface area contributed by atoms with Crippen LogP contribution in [0.5, 0.6) is 0 Å². The van der Waals surface area contributed by atoms with E-state index in [2.05, 4.69) is 10.6 Å². The number of nitrogens with one attached hydrogen (secondary N) is 3. The Kier molecular flexibility index (Phi) is 7.48. The highest BCUT2D eigenvalue weighted by Crippen LogP contribution is 2.22. The summed E-state index contributed by atoms with van der Waals surface area (Å²) in [5, 5.41) is 22.8. The highest BCUT2D eigenvalue weighted by atomic mass is 16.5. The number of nitrogen functional groups attached to an aromatic ring is 1. The van der Waals surface area contributed by atoms with Gasteiger partial charge < -0.3 is 30.6 Å². The molecule has 0 saturated carbocycles. The minimum atomic E-state index is -1.20. The van der Waals surface area contributed by atoms with Gasteiger partial charge in [-0.25, -0.2) is 9.59 Å². The van der Waals surface area contributed by atoms with Crippen molar-refractivity contribution in [3.63, 3.8) is 0 Å². The number of alkyl carbamates (subject to hydrolysis) is 1. The number of benzene rings is 3. The molecule has 0 radical (unpaired) electrons. The van der Waals surface area contributed by atoms with Crippen LogP contribution in [0.3, 0.4) is 0 Å². The number of carboxylic acid groups (broad SMARTS) is 1. The Labute approximate surface area is 211 Å². The second-order valence-electron chi connectivity index (χ2n) is 8.23. The molecular weight excluding hydrogens is 476 g/mol. The smallest absolute Gasteiger partial charge is 0.408 e. The summed E-state index contributed by atoms with van der Waals surface area (Å²) in [6.45, 7) is 0.0243. The molecule has 1 atom stereocenters. The fourth-order valence-electron chi connectivity index (χ4n) is 3.58. The van der Waals surface area contributed by atoms with E-state index < -0.39 is 24.0 Å². The number of hydrogen-bond donors (Lipinski definition) is 5. The van der Waals surface area contributed by atoms with Gasteiger partial charge in [0.1, 0.15) is 24.1 Å². The Morgan fingerprint density at radius 3 is 2.38 bits per heavy atom. The third-order valence-electron chi connectivity index (χ3n) is 5.51. The quantitative estimate of drug-likeness (QED) is 0.172. The molecule has 6 N–H and O–H groups in total. The minimum Gasteiger partial charge on any atom is -0.480 e. The van der Waals surface area contributed by atoms with Crippen molar-refractivity contribution in [3.05, 3.63) is 101 Å². The lowest BCUT2D eigenvalue weighted by atomic mass is 10.1. The van der Waals surface area contributed by atoms with Gasteiger partial charge in [-0.3, -0.25) is 10.2 Å². The second kappa shape index (κ2) is 11.1. The highest BCUT2D eigenvalue weighted by molar-refractivity contribution is 6.05. The second-order valence-corrected chi connectivity index (χ2v) is 8.23. The third kappa shape index (κ3) is 6.51. The first-order valence-corrected chi connectivity index (χ1v) is 11.3. The fourth-order valence-corrected chi connectivity index (χ4v) is 3.58. The number of fused-ring (bicyclic) bond motifs is 1. The van der Waals surface area contributed by atoms with Crippen LogP contribution < -0.4 is 16.4 Å². The van der Waals surface area contributed by atoms with E-state index in [0.29, 0.717) is 27.8 Å². The Morgan fingerprint density at radius 2 is 1.70 bits per heavy atom. The standard InChI is InChI=1S/C27H24N4O6/c28-24(29)18-8-11-22-19(13-18)14-23(37-22)25(32)30-20-9-6-16(7-10-20)12-21(26(33)34)31-27(35)36-15-17-4-2-1-3-5-17/h1-11,13-14,21H,12,15H2,(H3,28,29)(H,30,32)(H,31,35)(H,33,34)/t21-/m0/s1. The third-order valence-corrected chi connectivity index (χ3v) is 5.51. The van der Waals surface area contributed by atoms with E-state index in [-0.39, 0.29) is 24.6 Å². The first-order valence-electron chi connectivity index (χ1n) is 11.3. The number of nitrogens with two attached hydrogens (primary N) is 1. The van der Waals surface area contributed by atoms with Gasteiger partial charge in [-0.15, -0.1) is 0 Å². The van der Waals surface area contributed by atoms with E-state index in [1.54, 1.807) is 60.7 Å². The van der Waals surface area contributed by atoms with Crippen LogP contribution in [0.15, 0.2) is 83.3 Å². The van der Waals surface area contributed by atoms with Crippen LogP contribution >= 0.6 is 0 Å². The number of ether oxygens (including phenoxy) is 1. The van der Waals surface area contributed by atoms with E-state index in [0.717, 1.165) is 5.56 Å². The largest absolute Gasteiger partial charge is 0.480 e. The molecule has 2 amide bonds. The molecule has 0 aliphatic carbocycles. The molecule has 10 nitrogen and oxygen atoms in total. The van der Waals surface area contributed by atoms with Crippen LogP contribution in [-0.4, -0.2) is 35.0 Å². The summed E-state index contributed by atoms with van der Waals surface area (Å²) in [6.07, 6.45) is -0.812. The Morgan fingerprint density at radius 1 is 0.973 bits per heavy atom. The van der Waals surface area contributed by atoms with Gasteiger partial charge in [0.15, 0.2) is 5.76 Å². The number of anilines is 1. The number of rotatable bonds is 9. The average molecular weight is 501 g/mol. The molecule has 1 heterocycles. The molecule has 4 aromatic rings. The zero-order valence-corrected chi connectivity index (χ0v) is 19.6. The zero-order chi connectivity index (χ0) is 26.4. The van der Waals surface area contributed by atoms with Crippen molar-refractivity contribution in [1.82, 2.24) is 5.32 Å². The molecule has 0 bridgehead atoms. The zero-order valence-electron chi connectivity index (χ0n) is 19.6. The summed E-state index contributed by atoms with van der Waals surface area (Å²) in [7, 11) is 0. The van der Waals surface area contributed by atoms with Gasteiger partial charge >= 0.3 is 12.1 Å². The van der Waals surface area contributed by atoms with Crippen LogP contribution in [0.1, 0.15) is 27.2 Å². The maximum Gasteiger partial charge on any atom is 0.408 e. The minimum absolute atomic E-state index is 0.0199. The number of aliphatic carboxylic acids is 1. The maximum absolute atomic E-state index is 12.6. The van der Waals surface area contributed by atoms with Crippen molar-refractivity contribution in [3.8, 4) is 0 Å². The molecule has 0 saturated heterocycles. The summed E-state index contributed by atoms with van der Waals surface area (Å²) >= 11 is 0. The van der Waals surface area contributed by atoms with Gasteiger partial charge in [0.25, 0.3) is 5.91 Å². The normalized spacial score (nSPS) is 11.5. The SMILES string of the molecule is N=C(N)c1ccc2oc(C(=O)Nc3ccc(C[C@H](NC(=O)OCc4ccccc4)C(=O)O)cc3)cc2c1. The Hall–Kier alpha value is -5.12. The van der Waals surface area contributed by atoms with Crippen LogP contribution in [0.4, 0.5) is 10.5 Å². The number of hydrogen-bond acceptors (Lipinski definition) is 6. The van der Waals surface area contributed by atoms with Crippen molar-refractivity contribution in [1.29, 1.82) is 5.41 Å². The number of furan rings is 1. The number of carboxylic acids is 1.